The fourth-order valence-corrected chi connectivity index (χ4v) is 5.63. The molecular formula is C18H18FN3O3S2. The zero-order chi connectivity index (χ0) is 18.9. The van der Waals surface area contributed by atoms with E-state index in [0.717, 1.165) is 43.4 Å². The second-order valence-corrected chi connectivity index (χ2v) is 9.40. The average Bonchev–Trinajstić information content (AvgIpc) is 3.32. The Morgan fingerprint density at radius 2 is 1.96 bits per heavy atom. The van der Waals surface area contributed by atoms with Crippen molar-refractivity contribution in [3.8, 4) is 22.8 Å². The van der Waals surface area contributed by atoms with Gasteiger partial charge < -0.3 is 4.52 Å². The van der Waals surface area contributed by atoms with Gasteiger partial charge in [0.1, 0.15) is 10.0 Å². The Labute approximate surface area is 160 Å². The number of hydrogen-bond donors (Lipinski definition) is 1. The van der Waals surface area contributed by atoms with E-state index in [0.29, 0.717) is 11.1 Å². The van der Waals surface area contributed by atoms with Crippen LogP contribution in [0.25, 0.3) is 22.8 Å². The quantitative estimate of drug-likeness (QED) is 0.685. The lowest BCUT2D eigenvalue weighted by molar-refractivity contribution is 0.412. The van der Waals surface area contributed by atoms with E-state index >= 15 is 0 Å². The normalized spacial score (nSPS) is 15.9. The smallest absolute Gasteiger partial charge is 0.259 e. The molecule has 9 heteroatoms. The summed E-state index contributed by atoms with van der Waals surface area (Å²) in [6.45, 7) is 0. The van der Waals surface area contributed by atoms with Crippen LogP contribution in [-0.4, -0.2) is 24.6 Å². The van der Waals surface area contributed by atoms with Crippen LogP contribution in [0.2, 0.25) is 0 Å². The summed E-state index contributed by atoms with van der Waals surface area (Å²) in [5.41, 5.74) is 1.02. The highest BCUT2D eigenvalue weighted by atomic mass is 32.2. The highest BCUT2D eigenvalue weighted by molar-refractivity contribution is 7.91. The maximum Gasteiger partial charge on any atom is 0.259 e. The Morgan fingerprint density at radius 3 is 2.74 bits per heavy atom. The molecule has 0 aliphatic heterocycles. The predicted molar refractivity (Wildman–Crippen MR) is 100 cm³/mol. The van der Waals surface area contributed by atoms with Crippen LogP contribution in [0.1, 0.15) is 32.1 Å². The van der Waals surface area contributed by atoms with Gasteiger partial charge >= 0.3 is 0 Å². The zero-order valence-electron chi connectivity index (χ0n) is 14.4. The molecule has 0 spiro atoms. The molecular weight excluding hydrogens is 389 g/mol. The summed E-state index contributed by atoms with van der Waals surface area (Å²) in [5, 5.41) is 5.52. The third kappa shape index (κ3) is 4.10. The number of benzene rings is 1. The number of halogens is 1. The second-order valence-electron chi connectivity index (χ2n) is 6.54. The fraction of sp³-hybridized carbons (Fsp3) is 0.333. The van der Waals surface area contributed by atoms with Crippen molar-refractivity contribution in [2.24, 2.45) is 0 Å². The van der Waals surface area contributed by atoms with Crippen LogP contribution in [0.3, 0.4) is 0 Å². The first-order valence-corrected chi connectivity index (χ1v) is 11.1. The summed E-state index contributed by atoms with van der Waals surface area (Å²) in [6, 6.07) is 7.41. The first-order valence-electron chi connectivity index (χ1n) is 8.72. The van der Waals surface area contributed by atoms with Crippen LogP contribution in [0.5, 0.6) is 0 Å². The molecule has 4 rings (SSSR count). The minimum atomic E-state index is -3.57. The number of hydrogen-bond acceptors (Lipinski definition) is 6. The Bertz CT molecular complexity index is 1040. The number of aromatic nitrogens is 2. The second kappa shape index (κ2) is 7.49. The molecule has 27 heavy (non-hydrogen) atoms. The van der Waals surface area contributed by atoms with Crippen molar-refractivity contribution in [1.82, 2.24) is 14.9 Å². The van der Waals surface area contributed by atoms with Crippen molar-refractivity contribution < 1.29 is 17.3 Å². The maximum absolute atomic E-state index is 13.4. The fourth-order valence-electron chi connectivity index (χ4n) is 3.15. The monoisotopic (exact) mass is 407 g/mol. The Morgan fingerprint density at radius 1 is 1.15 bits per heavy atom. The van der Waals surface area contributed by atoms with Gasteiger partial charge in [0.05, 0.1) is 5.56 Å². The van der Waals surface area contributed by atoms with Gasteiger partial charge in [0.2, 0.25) is 15.8 Å². The predicted octanol–water partition coefficient (Wildman–Crippen LogP) is 4.22. The molecule has 1 aromatic carbocycles. The van der Waals surface area contributed by atoms with Crippen molar-refractivity contribution in [2.75, 3.05) is 0 Å². The van der Waals surface area contributed by atoms with Crippen molar-refractivity contribution in [2.45, 2.75) is 42.4 Å². The Kier molecular flexibility index (Phi) is 5.07. The van der Waals surface area contributed by atoms with E-state index in [9.17, 15) is 12.8 Å². The summed E-state index contributed by atoms with van der Waals surface area (Å²) in [5.74, 6) is 0.0571. The summed E-state index contributed by atoms with van der Waals surface area (Å²) in [4.78, 5) is 4.25. The molecule has 0 radical (unpaired) electrons. The molecule has 0 amide bonds. The molecule has 6 nitrogen and oxygen atoms in total. The van der Waals surface area contributed by atoms with Crippen molar-refractivity contribution in [3.63, 3.8) is 0 Å². The van der Waals surface area contributed by atoms with Gasteiger partial charge in [-0.05, 0) is 31.0 Å². The van der Waals surface area contributed by atoms with Crippen molar-refractivity contribution in [1.29, 1.82) is 0 Å². The van der Waals surface area contributed by atoms with Crippen molar-refractivity contribution >= 4 is 21.4 Å². The molecule has 0 bridgehead atoms. The third-order valence-corrected chi connectivity index (χ3v) is 7.48. The van der Waals surface area contributed by atoms with Gasteiger partial charge in [0.25, 0.3) is 5.89 Å². The van der Waals surface area contributed by atoms with Gasteiger partial charge in [-0.1, -0.05) is 36.6 Å². The molecule has 1 N–H and O–H groups in total. The minimum absolute atomic E-state index is 0.00251. The van der Waals surface area contributed by atoms with E-state index < -0.39 is 15.8 Å². The SMILES string of the molecule is O=S(=O)(NC1CCCCC1)c1cc(-c2nc(-c3cccc(F)c3)no2)cs1. The van der Waals surface area contributed by atoms with Gasteiger partial charge in [-0.2, -0.15) is 4.98 Å². The van der Waals surface area contributed by atoms with E-state index in [1.165, 1.54) is 18.2 Å². The minimum Gasteiger partial charge on any atom is -0.334 e. The maximum atomic E-state index is 13.4. The average molecular weight is 407 g/mol. The molecule has 0 saturated heterocycles. The third-order valence-electron chi connectivity index (χ3n) is 4.52. The first kappa shape index (κ1) is 18.3. The standard InChI is InChI=1S/C18H18FN3O3S2/c19-14-6-4-5-12(9-14)17-20-18(25-21-17)13-10-16(26-11-13)27(23,24)22-15-7-2-1-3-8-15/h4-6,9-11,15,22H,1-3,7-8H2. The molecule has 2 aromatic heterocycles. The Hall–Kier alpha value is -2.10. The van der Waals surface area contributed by atoms with Gasteiger partial charge in [0, 0.05) is 17.0 Å². The van der Waals surface area contributed by atoms with Crippen LogP contribution in [0, 0.1) is 5.82 Å². The summed E-state index contributed by atoms with van der Waals surface area (Å²) < 4.78 is 46.8. The van der Waals surface area contributed by atoms with Crippen LogP contribution < -0.4 is 4.72 Å². The van der Waals surface area contributed by atoms with E-state index in [2.05, 4.69) is 14.9 Å². The number of rotatable bonds is 5. The number of sulfonamides is 1. The summed E-state index contributed by atoms with van der Waals surface area (Å²) in [6.07, 6.45) is 5.00. The molecule has 1 aliphatic carbocycles. The molecule has 0 atom stereocenters. The summed E-state index contributed by atoms with van der Waals surface area (Å²) in [7, 11) is -3.57. The van der Waals surface area contributed by atoms with E-state index in [1.54, 1.807) is 17.5 Å². The number of thiophene rings is 1. The van der Waals surface area contributed by atoms with Gasteiger partial charge in [-0.25, -0.2) is 17.5 Å². The van der Waals surface area contributed by atoms with Crippen LogP contribution in [-0.2, 0) is 10.0 Å². The molecule has 3 aromatic rings. The van der Waals surface area contributed by atoms with Crippen molar-refractivity contribution in [3.05, 3.63) is 41.5 Å². The highest BCUT2D eigenvalue weighted by Crippen LogP contribution is 2.30. The van der Waals surface area contributed by atoms with Gasteiger partial charge in [-0.3, -0.25) is 0 Å². The Balaban J connectivity index is 1.54. The lowest BCUT2D eigenvalue weighted by atomic mass is 9.96. The van der Waals surface area contributed by atoms with Crippen LogP contribution in [0.15, 0.2) is 44.4 Å². The van der Waals surface area contributed by atoms with E-state index in [1.807, 2.05) is 0 Å². The van der Waals surface area contributed by atoms with E-state index in [-0.39, 0.29) is 22.0 Å². The lowest BCUT2D eigenvalue weighted by Crippen LogP contribution is -2.35. The van der Waals surface area contributed by atoms with E-state index in [4.69, 9.17) is 4.52 Å². The molecule has 1 aliphatic rings. The molecule has 0 unspecified atom stereocenters. The molecule has 1 saturated carbocycles. The van der Waals surface area contributed by atoms with Crippen LogP contribution in [0.4, 0.5) is 4.39 Å². The molecule has 2 heterocycles. The molecule has 142 valence electrons. The van der Waals surface area contributed by atoms with Crippen LogP contribution >= 0.6 is 11.3 Å². The van der Waals surface area contributed by atoms with Gasteiger partial charge in [-0.15, -0.1) is 11.3 Å². The lowest BCUT2D eigenvalue weighted by Gasteiger charge is -2.22. The number of nitrogens with one attached hydrogen (secondary N) is 1. The largest absolute Gasteiger partial charge is 0.334 e. The first-order chi connectivity index (χ1) is 13.0. The topological polar surface area (TPSA) is 85.1 Å². The highest BCUT2D eigenvalue weighted by Gasteiger charge is 2.24. The summed E-state index contributed by atoms with van der Waals surface area (Å²) >= 11 is 1.11. The van der Waals surface area contributed by atoms with Gasteiger partial charge in [0.15, 0.2) is 0 Å². The number of nitrogens with zero attached hydrogens (tertiary/aromatic N) is 2. The molecule has 1 fully saturated rings. The zero-order valence-corrected chi connectivity index (χ0v) is 16.0.